The van der Waals surface area contributed by atoms with Crippen molar-refractivity contribution in [1.82, 2.24) is 4.57 Å². The van der Waals surface area contributed by atoms with Crippen molar-refractivity contribution in [1.29, 1.82) is 0 Å². The Hall–Kier alpha value is -5.19. The van der Waals surface area contributed by atoms with E-state index in [0.717, 1.165) is 44.7 Å². The second-order valence-corrected chi connectivity index (χ2v) is 11.7. The van der Waals surface area contributed by atoms with Gasteiger partial charge in [-0.2, -0.15) is 0 Å². The quantitative estimate of drug-likeness (QED) is 0.214. The Balaban J connectivity index is 1.50. The monoisotopic (exact) mass is 558 g/mol. The number of phenols is 1. The summed E-state index contributed by atoms with van der Waals surface area (Å²) in [7, 11) is 0. The number of hydrogen-bond donors (Lipinski definition) is 1. The highest BCUT2D eigenvalue weighted by Crippen LogP contribution is 2.46. The zero-order valence-corrected chi connectivity index (χ0v) is 23.8. The SMILES string of the molecule is C=Nc1cccc(-n2c3ccccc3c3ccc4c5ccccc5sc4c32)c1-c1ccc(C)c(-c2ccccc2O)c1. The number of para-hydroxylation sites is 2. The van der Waals surface area contributed by atoms with Crippen molar-refractivity contribution in [2.24, 2.45) is 4.99 Å². The van der Waals surface area contributed by atoms with Gasteiger partial charge in [0.25, 0.3) is 0 Å². The lowest BCUT2D eigenvalue weighted by atomic mass is 9.93. The Bertz CT molecular complexity index is 2360. The third kappa shape index (κ3) is 3.55. The molecular weight excluding hydrogens is 532 g/mol. The number of thiophene rings is 1. The molecule has 2 heterocycles. The summed E-state index contributed by atoms with van der Waals surface area (Å²) in [5.74, 6) is 0.266. The van der Waals surface area contributed by atoms with Crippen molar-refractivity contribution < 1.29 is 5.11 Å². The van der Waals surface area contributed by atoms with Crippen LogP contribution >= 0.6 is 11.3 Å². The van der Waals surface area contributed by atoms with Gasteiger partial charge in [-0.25, -0.2) is 0 Å². The van der Waals surface area contributed by atoms with Crippen LogP contribution in [0.15, 0.2) is 126 Å². The number of nitrogens with zero attached hydrogens (tertiary/aromatic N) is 2. The molecule has 0 aliphatic rings. The second-order valence-electron chi connectivity index (χ2n) is 10.7. The van der Waals surface area contributed by atoms with Crippen molar-refractivity contribution in [3.8, 4) is 33.7 Å². The Morgan fingerprint density at radius 2 is 1.45 bits per heavy atom. The van der Waals surface area contributed by atoms with Crippen molar-refractivity contribution in [2.45, 2.75) is 6.92 Å². The fraction of sp³-hybridized carbons (Fsp3) is 0.0263. The van der Waals surface area contributed by atoms with E-state index in [1.54, 1.807) is 6.07 Å². The van der Waals surface area contributed by atoms with Crippen LogP contribution in [0.2, 0.25) is 0 Å². The van der Waals surface area contributed by atoms with Crippen LogP contribution in [0.4, 0.5) is 5.69 Å². The molecule has 0 aliphatic heterocycles. The first-order valence-corrected chi connectivity index (χ1v) is 14.8. The number of rotatable bonds is 4. The van der Waals surface area contributed by atoms with Gasteiger partial charge in [0, 0.05) is 37.4 Å². The van der Waals surface area contributed by atoms with Crippen molar-refractivity contribution in [2.75, 3.05) is 0 Å². The number of phenolic OH excluding ortho intramolecular Hbond substituents is 1. The van der Waals surface area contributed by atoms with Gasteiger partial charge in [0.1, 0.15) is 5.75 Å². The standard InChI is InChI=1S/C38H26N2OS/c1-23-18-19-24(22-30(23)26-11-4-7-16-34(26)41)36-31(39-2)13-9-15-33(36)40-32-14-6-3-10-25(32)28-20-21-29-27-12-5-8-17-35(27)42-38(29)37(28)40/h3-22,41H,2H2,1H3. The molecule has 0 aliphatic carbocycles. The highest BCUT2D eigenvalue weighted by atomic mass is 32.1. The van der Waals surface area contributed by atoms with E-state index in [2.05, 4.69) is 114 Å². The van der Waals surface area contributed by atoms with Gasteiger partial charge in [-0.3, -0.25) is 4.99 Å². The molecular formula is C38H26N2OS. The summed E-state index contributed by atoms with van der Waals surface area (Å²) in [6, 6.07) is 42.0. The third-order valence-corrected chi connectivity index (χ3v) is 9.52. The van der Waals surface area contributed by atoms with Gasteiger partial charge in [0.05, 0.1) is 27.1 Å². The van der Waals surface area contributed by atoms with Crippen LogP contribution in [0.3, 0.4) is 0 Å². The summed E-state index contributed by atoms with van der Waals surface area (Å²) in [5.41, 5.74) is 9.12. The predicted octanol–water partition coefficient (Wildman–Crippen LogP) is 10.8. The van der Waals surface area contributed by atoms with Gasteiger partial charge in [-0.15, -0.1) is 11.3 Å². The summed E-state index contributed by atoms with van der Waals surface area (Å²) in [5, 5.41) is 15.7. The van der Waals surface area contributed by atoms with E-state index in [-0.39, 0.29) is 5.75 Å². The number of aliphatic imine (C=N–C) groups is 1. The zero-order chi connectivity index (χ0) is 28.4. The molecule has 0 unspecified atom stereocenters. The lowest BCUT2D eigenvalue weighted by Crippen LogP contribution is -1.98. The number of fused-ring (bicyclic) bond motifs is 7. The molecule has 0 spiro atoms. The van der Waals surface area contributed by atoms with Crippen LogP contribution < -0.4 is 0 Å². The molecule has 0 bridgehead atoms. The first kappa shape index (κ1) is 24.6. The number of benzene rings is 6. The first-order valence-electron chi connectivity index (χ1n) is 14.0. The largest absolute Gasteiger partial charge is 0.507 e. The van der Waals surface area contributed by atoms with Gasteiger partial charge < -0.3 is 9.67 Å². The molecule has 1 N–H and O–H groups in total. The topological polar surface area (TPSA) is 37.5 Å². The zero-order valence-electron chi connectivity index (χ0n) is 23.0. The number of aromatic hydroxyl groups is 1. The molecule has 0 radical (unpaired) electrons. The highest BCUT2D eigenvalue weighted by Gasteiger charge is 2.21. The maximum atomic E-state index is 10.7. The van der Waals surface area contributed by atoms with Crippen molar-refractivity contribution in [3.05, 3.63) is 127 Å². The summed E-state index contributed by atoms with van der Waals surface area (Å²) >= 11 is 1.85. The molecule has 0 saturated carbocycles. The molecule has 0 atom stereocenters. The van der Waals surface area contributed by atoms with Crippen LogP contribution in [0.1, 0.15) is 5.56 Å². The molecule has 6 aromatic carbocycles. The van der Waals surface area contributed by atoms with E-state index < -0.39 is 0 Å². The Kier molecular flexibility index (Phi) is 5.53. The minimum atomic E-state index is 0.266. The van der Waals surface area contributed by atoms with Gasteiger partial charge in [-0.05, 0) is 66.7 Å². The van der Waals surface area contributed by atoms with Gasteiger partial charge in [0.15, 0.2) is 0 Å². The molecule has 8 rings (SSSR count). The number of aryl methyl sites for hydroxylation is 1. The van der Waals surface area contributed by atoms with Crippen LogP contribution in [0.25, 0.3) is 69.9 Å². The normalized spacial score (nSPS) is 11.6. The van der Waals surface area contributed by atoms with Gasteiger partial charge in [-0.1, -0.05) is 84.9 Å². The summed E-state index contributed by atoms with van der Waals surface area (Å²) in [6.07, 6.45) is 0. The van der Waals surface area contributed by atoms with Crippen LogP contribution in [0, 0.1) is 6.92 Å². The molecule has 2 aromatic heterocycles. The van der Waals surface area contributed by atoms with E-state index in [4.69, 9.17) is 0 Å². The third-order valence-electron chi connectivity index (χ3n) is 8.33. The number of hydrogen-bond acceptors (Lipinski definition) is 3. The lowest BCUT2D eigenvalue weighted by Gasteiger charge is -2.18. The van der Waals surface area contributed by atoms with Gasteiger partial charge >= 0.3 is 0 Å². The molecule has 0 amide bonds. The molecule has 42 heavy (non-hydrogen) atoms. The maximum Gasteiger partial charge on any atom is 0.123 e. The van der Waals surface area contributed by atoms with E-state index in [1.165, 1.54) is 36.5 Å². The fourth-order valence-corrected chi connectivity index (χ4v) is 7.63. The summed E-state index contributed by atoms with van der Waals surface area (Å²) in [4.78, 5) is 4.51. The van der Waals surface area contributed by atoms with E-state index in [1.807, 2.05) is 35.6 Å². The smallest absolute Gasteiger partial charge is 0.123 e. The van der Waals surface area contributed by atoms with Gasteiger partial charge in [0.2, 0.25) is 0 Å². The molecule has 8 aromatic rings. The highest BCUT2D eigenvalue weighted by molar-refractivity contribution is 7.26. The second kappa shape index (κ2) is 9.44. The Labute approximate surface area is 247 Å². The summed E-state index contributed by atoms with van der Waals surface area (Å²) in [6.45, 7) is 6.04. The van der Waals surface area contributed by atoms with Crippen LogP contribution in [-0.2, 0) is 0 Å². The van der Waals surface area contributed by atoms with Crippen LogP contribution in [-0.4, -0.2) is 16.4 Å². The first-order chi connectivity index (χ1) is 20.6. The average molecular weight is 559 g/mol. The van der Waals surface area contributed by atoms with E-state index in [9.17, 15) is 5.11 Å². The number of aromatic nitrogens is 1. The van der Waals surface area contributed by atoms with E-state index >= 15 is 0 Å². The Morgan fingerprint density at radius 3 is 2.31 bits per heavy atom. The van der Waals surface area contributed by atoms with E-state index in [0.29, 0.717) is 0 Å². The molecule has 4 heteroatoms. The maximum absolute atomic E-state index is 10.7. The Morgan fingerprint density at radius 1 is 0.690 bits per heavy atom. The average Bonchev–Trinajstić information content (AvgIpc) is 3.57. The van der Waals surface area contributed by atoms with Crippen molar-refractivity contribution in [3.63, 3.8) is 0 Å². The van der Waals surface area contributed by atoms with Crippen molar-refractivity contribution >= 4 is 65.7 Å². The minimum Gasteiger partial charge on any atom is -0.507 e. The summed E-state index contributed by atoms with van der Waals surface area (Å²) < 4.78 is 4.96. The fourth-order valence-electron chi connectivity index (χ4n) is 6.39. The predicted molar refractivity (Wildman–Crippen MR) is 180 cm³/mol. The molecule has 0 saturated heterocycles. The van der Waals surface area contributed by atoms with Crippen LogP contribution in [0.5, 0.6) is 5.75 Å². The lowest BCUT2D eigenvalue weighted by molar-refractivity contribution is 0.477. The molecule has 3 nitrogen and oxygen atoms in total. The minimum absolute atomic E-state index is 0.266. The molecule has 200 valence electrons. The molecule has 0 fully saturated rings.